The van der Waals surface area contributed by atoms with Gasteiger partial charge in [-0.25, -0.2) is 9.97 Å². The van der Waals surface area contributed by atoms with Crippen LogP contribution in [-0.2, 0) is 0 Å². The maximum Gasteiger partial charge on any atom is 0.158 e. The van der Waals surface area contributed by atoms with Crippen LogP contribution in [-0.4, -0.2) is 37.3 Å². The number of pyridine rings is 1. The number of aromatic nitrogens is 5. The van der Waals surface area contributed by atoms with Gasteiger partial charge in [0, 0.05) is 24.5 Å². The first-order chi connectivity index (χ1) is 12.7. The number of anilines is 2. The van der Waals surface area contributed by atoms with Gasteiger partial charge in [0.2, 0.25) is 0 Å². The van der Waals surface area contributed by atoms with Crippen LogP contribution in [0.5, 0.6) is 5.75 Å². The summed E-state index contributed by atoms with van der Waals surface area (Å²) in [4.78, 5) is 12.2. The molecule has 26 heavy (non-hydrogen) atoms. The lowest BCUT2D eigenvalue weighted by atomic mass is 9.90. The lowest BCUT2D eigenvalue weighted by molar-refractivity contribution is 0.101. The van der Waals surface area contributed by atoms with E-state index in [1.54, 1.807) is 12.4 Å². The fourth-order valence-corrected chi connectivity index (χ4v) is 2.67. The van der Waals surface area contributed by atoms with Crippen molar-refractivity contribution in [2.75, 3.05) is 5.32 Å². The number of nitrogens with two attached hydrogens (primary N) is 1. The lowest BCUT2D eigenvalue weighted by Gasteiger charge is -2.33. The van der Waals surface area contributed by atoms with Crippen LogP contribution >= 0.6 is 0 Å². The van der Waals surface area contributed by atoms with E-state index in [9.17, 15) is 0 Å². The summed E-state index contributed by atoms with van der Waals surface area (Å²) in [5.74, 6) is 1.80. The standard InChI is InChI=1S/C17H16N8O/c18-6-11-7-22-17(9-21-11)23-16-5-14(24-25-16)13-8-20-2-1-15(13)26-12-3-10(19)4-12/h1-2,5,7-10,12H,3-4,19H2,(H2,22,23,24,25)/t10-,12-. The number of aromatic amines is 1. The molecule has 4 rings (SSSR count). The Morgan fingerprint density at radius 3 is 2.85 bits per heavy atom. The summed E-state index contributed by atoms with van der Waals surface area (Å²) in [5.41, 5.74) is 7.66. The molecule has 1 aliphatic carbocycles. The molecule has 0 unspecified atom stereocenters. The first kappa shape index (κ1) is 16.0. The number of nitrogens with one attached hydrogen (secondary N) is 2. The van der Waals surface area contributed by atoms with Gasteiger partial charge in [0.15, 0.2) is 11.5 Å². The third kappa shape index (κ3) is 3.31. The highest BCUT2D eigenvalue weighted by Crippen LogP contribution is 2.33. The minimum Gasteiger partial charge on any atom is -0.489 e. The van der Waals surface area contributed by atoms with Crippen LogP contribution in [0, 0.1) is 11.3 Å². The molecule has 1 fully saturated rings. The lowest BCUT2D eigenvalue weighted by Crippen LogP contribution is -2.43. The molecule has 3 aromatic heterocycles. The van der Waals surface area contributed by atoms with Crippen molar-refractivity contribution in [2.45, 2.75) is 25.0 Å². The van der Waals surface area contributed by atoms with Crippen molar-refractivity contribution in [2.24, 2.45) is 5.73 Å². The van der Waals surface area contributed by atoms with E-state index in [1.165, 1.54) is 12.4 Å². The number of hydrogen-bond donors (Lipinski definition) is 3. The van der Waals surface area contributed by atoms with E-state index < -0.39 is 0 Å². The second kappa shape index (κ2) is 6.78. The highest BCUT2D eigenvalue weighted by molar-refractivity contribution is 5.69. The third-order valence-electron chi connectivity index (χ3n) is 4.10. The van der Waals surface area contributed by atoms with Gasteiger partial charge in [0.05, 0.1) is 23.7 Å². The second-order valence-electron chi connectivity index (χ2n) is 6.03. The maximum atomic E-state index is 8.76. The largest absolute Gasteiger partial charge is 0.489 e. The molecule has 3 aromatic rings. The van der Waals surface area contributed by atoms with Crippen molar-refractivity contribution < 1.29 is 4.74 Å². The normalized spacial score (nSPS) is 18.6. The summed E-state index contributed by atoms with van der Waals surface area (Å²) in [6.07, 6.45) is 8.15. The number of nitriles is 1. The van der Waals surface area contributed by atoms with Gasteiger partial charge in [0.1, 0.15) is 23.7 Å². The average molecular weight is 348 g/mol. The molecular weight excluding hydrogens is 332 g/mol. The number of ether oxygens (including phenoxy) is 1. The smallest absolute Gasteiger partial charge is 0.158 e. The van der Waals surface area contributed by atoms with Gasteiger partial charge in [0.25, 0.3) is 0 Å². The van der Waals surface area contributed by atoms with Crippen LogP contribution in [0.2, 0.25) is 0 Å². The minimum atomic E-state index is 0.139. The number of H-pyrrole nitrogens is 1. The highest BCUT2D eigenvalue weighted by Gasteiger charge is 2.28. The SMILES string of the molecule is N#Cc1cnc(Nc2cc(-c3cnccc3O[C@H]3C[C@H](N)C3)[nH]n2)cn1. The zero-order valence-corrected chi connectivity index (χ0v) is 13.8. The van der Waals surface area contributed by atoms with Crippen molar-refractivity contribution in [3.63, 3.8) is 0 Å². The van der Waals surface area contributed by atoms with Crippen LogP contribution in [0.25, 0.3) is 11.3 Å². The topological polar surface area (TPSA) is 138 Å². The first-order valence-electron chi connectivity index (χ1n) is 8.12. The van der Waals surface area contributed by atoms with Crippen LogP contribution in [0.3, 0.4) is 0 Å². The van der Waals surface area contributed by atoms with E-state index in [4.69, 9.17) is 15.7 Å². The van der Waals surface area contributed by atoms with E-state index in [-0.39, 0.29) is 17.8 Å². The van der Waals surface area contributed by atoms with Gasteiger partial charge in [-0.05, 0) is 18.9 Å². The predicted octanol–water partition coefficient (Wildman–Crippen LogP) is 1.75. The summed E-state index contributed by atoms with van der Waals surface area (Å²) in [6, 6.07) is 5.81. The molecule has 0 saturated heterocycles. The molecule has 1 saturated carbocycles. The van der Waals surface area contributed by atoms with Gasteiger partial charge >= 0.3 is 0 Å². The van der Waals surface area contributed by atoms with Crippen molar-refractivity contribution >= 4 is 11.6 Å². The van der Waals surface area contributed by atoms with Crippen LogP contribution < -0.4 is 15.8 Å². The Labute approximate surface area is 149 Å². The molecule has 4 N–H and O–H groups in total. The molecule has 0 aliphatic heterocycles. The summed E-state index contributed by atoms with van der Waals surface area (Å²) >= 11 is 0. The Hall–Kier alpha value is -3.51. The fraction of sp³-hybridized carbons (Fsp3) is 0.235. The predicted molar refractivity (Wildman–Crippen MR) is 93.5 cm³/mol. The quantitative estimate of drug-likeness (QED) is 0.634. The van der Waals surface area contributed by atoms with E-state index >= 15 is 0 Å². The first-order valence-corrected chi connectivity index (χ1v) is 8.12. The zero-order valence-electron chi connectivity index (χ0n) is 13.8. The Morgan fingerprint density at radius 1 is 1.23 bits per heavy atom. The molecule has 130 valence electrons. The van der Waals surface area contributed by atoms with E-state index in [1.807, 2.05) is 18.2 Å². The molecule has 9 heteroatoms. The minimum absolute atomic E-state index is 0.139. The molecule has 0 radical (unpaired) electrons. The number of rotatable bonds is 5. The van der Waals surface area contributed by atoms with Crippen molar-refractivity contribution in [3.05, 3.63) is 42.6 Å². The number of hydrogen-bond acceptors (Lipinski definition) is 8. The second-order valence-corrected chi connectivity index (χ2v) is 6.03. The molecule has 1 aliphatic rings. The Bertz CT molecular complexity index is 940. The zero-order chi connectivity index (χ0) is 17.9. The van der Waals surface area contributed by atoms with Gasteiger partial charge in [-0.15, -0.1) is 0 Å². The van der Waals surface area contributed by atoms with E-state index in [2.05, 4.69) is 30.5 Å². The maximum absolute atomic E-state index is 8.76. The molecule has 0 spiro atoms. The van der Waals surface area contributed by atoms with Crippen LogP contribution in [0.4, 0.5) is 11.6 Å². The molecule has 0 amide bonds. The molecule has 9 nitrogen and oxygen atoms in total. The van der Waals surface area contributed by atoms with Crippen molar-refractivity contribution in [3.8, 4) is 23.1 Å². The summed E-state index contributed by atoms with van der Waals surface area (Å²) in [6.45, 7) is 0. The summed E-state index contributed by atoms with van der Waals surface area (Å²) < 4.78 is 6.02. The fourth-order valence-electron chi connectivity index (χ4n) is 2.67. The Morgan fingerprint density at radius 2 is 2.12 bits per heavy atom. The van der Waals surface area contributed by atoms with Gasteiger partial charge in [-0.1, -0.05) is 0 Å². The molecule has 0 bridgehead atoms. The molecule has 3 heterocycles. The summed E-state index contributed by atoms with van der Waals surface area (Å²) in [7, 11) is 0. The average Bonchev–Trinajstić information content (AvgIpc) is 3.10. The van der Waals surface area contributed by atoms with E-state index in [0.29, 0.717) is 11.6 Å². The Balaban J connectivity index is 1.51. The monoisotopic (exact) mass is 348 g/mol. The number of nitrogens with zero attached hydrogens (tertiary/aromatic N) is 5. The van der Waals surface area contributed by atoms with Crippen LogP contribution in [0.1, 0.15) is 18.5 Å². The molecule has 0 aromatic carbocycles. The molecular formula is C17H16N8O. The van der Waals surface area contributed by atoms with Crippen molar-refractivity contribution in [1.82, 2.24) is 25.1 Å². The Kier molecular flexibility index (Phi) is 4.17. The van der Waals surface area contributed by atoms with Gasteiger partial charge in [-0.3, -0.25) is 10.1 Å². The van der Waals surface area contributed by atoms with E-state index in [0.717, 1.165) is 29.8 Å². The third-order valence-corrected chi connectivity index (χ3v) is 4.10. The van der Waals surface area contributed by atoms with Gasteiger partial charge in [-0.2, -0.15) is 10.4 Å². The van der Waals surface area contributed by atoms with Crippen molar-refractivity contribution in [1.29, 1.82) is 5.26 Å². The molecule has 0 atom stereocenters. The summed E-state index contributed by atoms with van der Waals surface area (Å²) in [5, 5.41) is 19.0. The van der Waals surface area contributed by atoms with Crippen LogP contribution in [0.15, 0.2) is 36.9 Å². The highest BCUT2D eigenvalue weighted by atomic mass is 16.5. The van der Waals surface area contributed by atoms with Gasteiger partial charge < -0.3 is 15.8 Å².